The number of ether oxygens (including phenoxy) is 1. The van der Waals surface area contributed by atoms with Gasteiger partial charge in [0.15, 0.2) is 0 Å². The Hall–Kier alpha value is -0.870. The molecule has 5 fully saturated rings. The minimum atomic E-state index is -0.591. The van der Waals surface area contributed by atoms with Gasteiger partial charge in [0.2, 0.25) is 0 Å². The van der Waals surface area contributed by atoms with E-state index < -0.39 is 11.4 Å². The molecule has 0 aliphatic heterocycles. The van der Waals surface area contributed by atoms with Crippen LogP contribution in [0.5, 0.6) is 0 Å². The van der Waals surface area contributed by atoms with Crippen LogP contribution in [0.2, 0.25) is 0 Å². The Morgan fingerprint density at radius 2 is 1.60 bits per heavy atom. The van der Waals surface area contributed by atoms with Crippen LogP contribution in [0, 0.1) is 56.7 Å². The summed E-state index contributed by atoms with van der Waals surface area (Å²) in [5, 5.41) is 21.5. The van der Waals surface area contributed by atoms with Gasteiger partial charge in [-0.3, -0.25) is 4.79 Å². The highest BCUT2D eigenvalue weighted by Crippen LogP contribution is 2.77. The second-order valence-corrected chi connectivity index (χ2v) is 14.8. The second-order valence-electron chi connectivity index (χ2n) is 14.8. The summed E-state index contributed by atoms with van der Waals surface area (Å²) in [7, 11) is 1.73. The molecule has 0 heterocycles. The van der Waals surface area contributed by atoms with E-state index in [-0.39, 0.29) is 39.6 Å². The number of hydrogen-bond acceptors (Lipinski definition) is 3. The normalized spacial score (nSPS) is 52.5. The van der Waals surface area contributed by atoms with Gasteiger partial charge in [-0.15, -0.1) is 0 Å². The second kappa shape index (κ2) is 8.06. The topological polar surface area (TPSA) is 66.8 Å². The first kappa shape index (κ1) is 25.8. The SMILES string of the molecule is C=C(COC)[C@@H]1CC[C@]2(C(=O)O)CC[C@]3(C)[C@H](CC[C@@H]4[C@@]5(C)CC[C@H](O)C(C)(C)[C@@H]5CC[C@]43C)[C@@H]12. The largest absolute Gasteiger partial charge is 0.481 e. The summed E-state index contributed by atoms with van der Waals surface area (Å²) in [6.45, 7) is 17.3. The first-order valence-corrected chi connectivity index (χ1v) is 14.4. The van der Waals surface area contributed by atoms with Gasteiger partial charge in [-0.25, -0.2) is 0 Å². The van der Waals surface area contributed by atoms with Gasteiger partial charge in [-0.2, -0.15) is 0 Å². The molecule has 10 atom stereocenters. The lowest BCUT2D eigenvalue weighted by Gasteiger charge is -2.72. The van der Waals surface area contributed by atoms with Crippen LogP contribution in [0.25, 0.3) is 0 Å². The molecule has 4 heteroatoms. The number of methoxy groups -OCH3 is 1. The van der Waals surface area contributed by atoms with Gasteiger partial charge in [0, 0.05) is 7.11 Å². The number of carboxylic acids is 1. The lowest BCUT2D eigenvalue weighted by atomic mass is 9.32. The summed E-state index contributed by atoms with van der Waals surface area (Å²) in [5.74, 6) is 1.49. The third-order valence-electron chi connectivity index (χ3n) is 13.7. The van der Waals surface area contributed by atoms with E-state index in [0.717, 1.165) is 50.5 Å². The highest BCUT2D eigenvalue weighted by atomic mass is 16.5. The van der Waals surface area contributed by atoms with Crippen LogP contribution < -0.4 is 0 Å². The molecule has 35 heavy (non-hydrogen) atoms. The van der Waals surface area contributed by atoms with E-state index in [1.807, 2.05) is 0 Å². The molecular formula is C31H50O4. The highest BCUT2D eigenvalue weighted by Gasteiger charge is 2.72. The molecule has 0 spiro atoms. The average molecular weight is 487 g/mol. The average Bonchev–Trinajstić information content (AvgIpc) is 3.18. The molecule has 0 radical (unpaired) electrons. The van der Waals surface area contributed by atoms with Crippen molar-refractivity contribution in [3.05, 3.63) is 12.2 Å². The van der Waals surface area contributed by atoms with Crippen molar-refractivity contribution in [2.24, 2.45) is 56.7 Å². The van der Waals surface area contributed by atoms with Gasteiger partial charge < -0.3 is 14.9 Å². The third-order valence-corrected chi connectivity index (χ3v) is 13.7. The van der Waals surface area contributed by atoms with Crippen molar-refractivity contribution < 1.29 is 19.7 Å². The molecule has 198 valence electrons. The fourth-order valence-corrected chi connectivity index (χ4v) is 11.7. The van der Waals surface area contributed by atoms with Crippen molar-refractivity contribution in [2.45, 2.75) is 105 Å². The van der Waals surface area contributed by atoms with E-state index in [0.29, 0.717) is 24.4 Å². The molecule has 0 aromatic carbocycles. The van der Waals surface area contributed by atoms with Crippen molar-refractivity contribution in [2.75, 3.05) is 13.7 Å². The molecule has 0 aromatic heterocycles. The highest BCUT2D eigenvalue weighted by molar-refractivity contribution is 5.76. The predicted octanol–water partition coefficient (Wildman–Crippen LogP) is 6.72. The number of aliphatic carboxylic acids is 1. The Morgan fingerprint density at radius 3 is 2.26 bits per heavy atom. The molecule has 5 aliphatic carbocycles. The van der Waals surface area contributed by atoms with Crippen LogP contribution in [-0.4, -0.2) is 36.0 Å². The van der Waals surface area contributed by atoms with E-state index in [9.17, 15) is 15.0 Å². The van der Waals surface area contributed by atoms with Crippen LogP contribution in [-0.2, 0) is 9.53 Å². The molecular weight excluding hydrogens is 436 g/mol. The number of carbonyl (C=O) groups is 1. The van der Waals surface area contributed by atoms with Gasteiger partial charge in [0.25, 0.3) is 0 Å². The maximum Gasteiger partial charge on any atom is 0.309 e. The summed E-state index contributed by atoms with van der Waals surface area (Å²) < 4.78 is 5.49. The molecule has 2 N–H and O–H groups in total. The Balaban J connectivity index is 1.55. The number of rotatable bonds is 4. The maximum atomic E-state index is 12.9. The number of fused-ring (bicyclic) bond motifs is 7. The molecule has 4 nitrogen and oxygen atoms in total. The quantitative estimate of drug-likeness (QED) is 0.433. The molecule has 0 saturated heterocycles. The standard InChI is InChI=1S/C31H50O4/c1-19(18-35-7)20-10-15-31(26(33)34)17-16-29(5)21(25(20)31)8-9-23-28(4)13-12-24(32)27(2,3)22(28)11-14-30(23,29)6/h20-25,32H,1,8-18H2,2-7H3,(H,33,34)/t20-,21+,22-,23+,24-,25+,28-,29+,30+,31-/m0/s1. The minimum Gasteiger partial charge on any atom is -0.481 e. The van der Waals surface area contributed by atoms with Gasteiger partial charge >= 0.3 is 5.97 Å². The van der Waals surface area contributed by atoms with Gasteiger partial charge in [-0.05, 0) is 121 Å². The number of aliphatic hydroxyl groups excluding tert-OH is 1. The van der Waals surface area contributed by atoms with E-state index in [2.05, 4.69) is 41.2 Å². The molecule has 0 unspecified atom stereocenters. The van der Waals surface area contributed by atoms with Gasteiger partial charge in [-0.1, -0.05) is 41.2 Å². The minimum absolute atomic E-state index is 0.0362. The fourth-order valence-electron chi connectivity index (χ4n) is 11.7. The lowest BCUT2D eigenvalue weighted by molar-refractivity contribution is -0.248. The van der Waals surface area contributed by atoms with E-state index in [1.54, 1.807) is 7.11 Å². The summed E-state index contributed by atoms with van der Waals surface area (Å²) >= 11 is 0. The molecule has 0 bridgehead atoms. The number of aliphatic hydroxyl groups is 1. The van der Waals surface area contributed by atoms with Gasteiger partial charge in [0.1, 0.15) is 0 Å². The molecule has 5 aliphatic rings. The monoisotopic (exact) mass is 486 g/mol. The summed E-state index contributed by atoms with van der Waals surface area (Å²) in [5.41, 5.74) is 1.08. The Morgan fingerprint density at radius 1 is 0.886 bits per heavy atom. The lowest BCUT2D eigenvalue weighted by Crippen LogP contribution is -2.67. The molecule has 5 saturated carbocycles. The van der Waals surface area contributed by atoms with Crippen molar-refractivity contribution in [3.8, 4) is 0 Å². The fraction of sp³-hybridized carbons (Fsp3) is 0.903. The smallest absolute Gasteiger partial charge is 0.309 e. The predicted molar refractivity (Wildman–Crippen MR) is 139 cm³/mol. The molecule has 0 aromatic rings. The van der Waals surface area contributed by atoms with Gasteiger partial charge in [0.05, 0.1) is 18.1 Å². The van der Waals surface area contributed by atoms with Crippen LogP contribution in [0.4, 0.5) is 0 Å². The Kier molecular flexibility index (Phi) is 5.94. The van der Waals surface area contributed by atoms with E-state index >= 15 is 0 Å². The molecule has 0 amide bonds. The summed E-state index contributed by atoms with van der Waals surface area (Å²) in [6.07, 6.45) is 10.1. The Labute approximate surface area is 213 Å². The van der Waals surface area contributed by atoms with Crippen molar-refractivity contribution >= 4 is 5.97 Å². The van der Waals surface area contributed by atoms with E-state index in [4.69, 9.17) is 4.74 Å². The van der Waals surface area contributed by atoms with E-state index in [1.165, 1.54) is 19.3 Å². The number of carboxylic acid groups (broad SMARTS) is 1. The maximum absolute atomic E-state index is 12.9. The first-order valence-electron chi connectivity index (χ1n) is 14.4. The summed E-state index contributed by atoms with van der Waals surface area (Å²) in [4.78, 5) is 12.9. The number of hydrogen-bond donors (Lipinski definition) is 2. The Bertz CT molecular complexity index is 894. The first-order chi connectivity index (χ1) is 16.3. The zero-order valence-electron chi connectivity index (χ0n) is 23.2. The zero-order chi connectivity index (χ0) is 25.6. The van der Waals surface area contributed by atoms with Crippen LogP contribution in [0.1, 0.15) is 98.8 Å². The molecule has 5 rings (SSSR count). The van der Waals surface area contributed by atoms with Crippen LogP contribution >= 0.6 is 0 Å². The van der Waals surface area contributed by atoms with Crippen LogP contribution in [0.15, 0.2) is 12.2 Å². The van der Waals surface area contributed by atoms with Crippen molar-refractivity contribution in [1.29, 1.82) is 0 Å². The van der Waals surface area contributed by atoms with Crippen molar-refractivity contribution in [3.63, 3.8) is 0 Å². The summed E-state index contributed by atoms with van der Waals surface area (Å²) in [6, 6.07) is 0. The van der Waals surface area contributed by atoms with Crippen LogP contribution in [0.3, 0.4) is 0 Å². The third kappa shape index (κ3) is 3.14. The van der Waals surface area contributed by atoms with Crippen molar-refractivity contribution in [1.82, 2.24) is 0 Å². The zero-order valence-corrected chi connectivity index (χ0v) is 23.2.